The Hall–Kier alpha value is -0.810. The van der Waals surface area contributed by atoms with E-state index in [2.05, 4.69) is 29.1 Å². The lowest BCUT2D eigenvalue weighted by Gasteiger charge is -2.41. The molecule has 0 bridgehead atoms. The molecule has 0 amide bonds. The summed E-state index contributed by atoms with van der Waals surface area (Å²) in [6, 6.07) is 0.545. The normalized spacial score (nSPS) is 25.7. The van der Waals surface area contributed by atoms with Crippen molar-refractivity contribution in [3.8, 4) is 0 Å². The number of aliphatic imine (C=N–C) groups is 1. The van der Waals surface area contributed by atoms with Gasteiger partial charge in [-0.15, -0.1) is 0 Å². The Kier molecular flexibility index (Phi) is 5.05. The first-order valence-corrected chi connectivity index (χ1v) is 7.47. The summed E-state index contributed by atoms with van der Waals surface area (Å²) in [6.07, 6.45) is 5.08. The second kappa shape index (κ2) is 6.57. The Morgan fingerprint density at radius 2 is 2.16 bits per heavy atom. The molecule has 19 heavy (non-hydrogen) atoms. The highest BCUT2D eigenvalue weighted by molar-refractivity contribution is 5.78. The molecule has 110 valence electrons. The first kappa shape index (κ1) is 14.6. The van der Waals surface area contributed by atoms with Gasteiger partial charge in [0.05, 0.1) is 19.8 Å². The monoisotopic (exact) mass is 268 g/mol. The fourth-order valence-corrected chi connectivity index (χ4v) is 2.92. The zero-order chi connectivity index (χ0) is 13.7. The molecule has 1 saturated carbocycles. The van der Waals surface area contributed by atoms with Crippen LogP contribution in [0.4, 0.5) is 0 Å². The van der Waals surface area contributed by atoms with Crippen LogP contribution in [0, 0.1) is 0 Å². The van der Waals surface area contributed by atoms with Gasteiger partial charge in [0.15, 0.2) is 5.96 Å². The molecule has 0 aromatic carbocycles. The van der Waals surface area contributed by atoms with E-state index in [9.17, 15) is 0 Å². The number of hydrogen-bond acceptors (Lipinski definition) is 3. The minimum atomic E-state index is 0.113. The lowest BCUT2D eigenvalue weighted by molar-refractivity contribution is -0.0491. The average molecular weight is 268 g/mol. The van der Waals surface area contributed by atoms with Crippen molar-refractivity contribution in [1.82, 2.24) is 10.2 Å². The van der Waals surface area contributed by atoms with Gasteiger partial charge in [-0.2, -0.15) is 0 Å². The molecule has 1 heterocycles. The summed E-state index contributed by atoms with van der Waals surface area (Å²) >= 11 is 0. The molecular formula is C14H28N4O. The van der Waals surface area contributed by atoms with E-state index in [4.69, 9.17) is 10.5 Å². The first-order valence-electron chi connectivity index (χ1n) is 7.47. The number of morpholine rings is 1. The van der Waals surface area contributed by atoms with Crippen LogP contribution in [0.15, 0.2) is 4.99 Å². The lowest BCUT2D eigenvalue weighted by atomic mass is 10.0. The number of guanidine groups is 1. The van der Waals surface area contributed by atoms with Crippen LogP contribution in [0.3, 0.4) is 0 Å². The molecule has 1 aliphatic heterocycles. The molecule has 0 unspecified atom stereocenters. The minimum absolute atomic E-state index is 0.113. The molecule has 5 heteroatoms. The third-order valence-electron chi connectivity index (χ3n) is 4.18. The van der Waals surface area contributed by atoms with Crippen molar-refractivity contribution in [2.24, 2.45) is 10.7 Å². The molecular weight excluding hydrogens is 240 g/mol. The summed E-state index contributed by atoms with van der Waals surface area (Å²) < 4.78 is 5.52. The quantitative estimate of drug-likeness (QED) is 0.588. The number of nitrogens with zero attached hydrogens (tertiary/aromatic N) is 2. The highest BCUT2D eigenvalue weighted by Gasteiger charge is 2.29. The number of nitrogens with two attached hydrogens (primary N) is 1. The van der Waals surface area contributed by atoms with Crippen LogP contribution in [-0.2, 0) is 4.74 Å². The molecule has 5 nitrogen and oxygen atoms in total. The zero-order valence-electron chi connectivity index (χ0n) is 12.3. The molecule has 0 aromatic rings. The average Bonchev–Trinajstić information content (AvgIpc) is 2.84. The summed E-state index contributed by atoms with van der Waals surface area (Å²) in [5, 5.41) is 3.32. The zero-order valence-corrected chi connectivity index (χ0v) is 12.3. The van der Waals surface area contributed by atoms with Crippen LogP contribution >= 0.6 is 0 Å². The summed E-state index contributed by atoms with van der Waals surface area (Å²) in [5.41, 5.74) is 6.04. The molecule has 1 saturated heterocycles. The van der Waals surface area contributed by atoms with Crippen LogP contribution in [0.25, 0.3) is 0 Å². The van der Waals surface area contributed by atoms with Crippen molar-refractivity contribution in [3.05, 3.63) is 0 Å². The number of rotatable bonds is 4. The van der Waals surface area contributed by atoms with Crippen molar-refractivity contribution in [2.75, 3.05) is 32.8 Å². The minimum Gasteiger partial charge on any atom is -0.378 e. The van der Waals surface area contributed by atoms with Gasteiger partial charge in [-0.25, -0.2) is 0 Å². The fourth-order valence-electron chi connectivity index (χ4n) is 2.92. The Bertz CT molecular complexity index is 311. The molecule has 0 radical (unpaired) electrons. The van der Waals surface area contributed by atoms with Gasteiger partial charge in [0, 0.05) is 24.7 Å². The van der Waals surface area contributed by atoms with Gasteiger partial charge in [-0.05, 0) is 26.7 Å². The Morgan fingerprint density at radius 1 is 1.42 bits per heavy atom. The molecule has 0 aromatic heterocycles. The largest absolute Gasteiger partial charge is 0.378 e. The molecule has 2 aliphatic rings. The van der Waals surface area contributed by atoms with Gasteiger partial charge in [-0.1, -0.05) is 12.8 Å². The summed E-state index contributed by atoms with van der Waals surface area (Å²) in [4.78, 5) is 6.88. The van der Waals surface area contributed by atoms with Gasteiger partial charge >= 0.3 is 0 Å². The first-order chi connectivity index (χ1) is 9.08. The van der Waals surface area contributed by atoms with Gasteiger partial charge in [0.25, 0.3) is 0 Å². The molecule has 0 atom stereocenters. The van der Waals surface area contributed by atoms with Crippen LogP contribution in [0.2, 0.25) is 0 Å². The van der Waals surface area contributed by atoms with E-state index < -0.39 is 0 Å². The van der Waals surface area contributed by atoms with Gasteiger partial charge in [-0.3, -0.25) is 9.89 Å². The van der Waals surface area contributed by atoms with Crippen LogP contribution < -0.4 is 11.1 Å². The molecule has 2 fully saturated rings. The van der Waals surface area contributed by atoms with Crippen LogP contribution in [-0.4, -0.2) is 55.3 Å². The van der Waals surface area contributed by atoms with Crippen molar-refractivity contribution < 1.29 is 4.74 Å². The maximum absolute atomic E-state index is 5.93. The van der Waals surface area contributed by atoms with Crippen molar-refractivity contribution in [1.29, 1.82) is 0 Å². The van der Waals surface area contributed by atoms with Crippen LogP contribution in [0.1, 0.15) is 39.5 Å². The van der Waals surface area contributed by atoms with E-state index >= 15 is 0 Å². The Morgan fingerprint density at radius 3 is 2.84 bits per heavy atom. The van der Waals surface area contributed by atoms with E-state index in [-0.39, 0.29) is 5.54 Å². The number of ether oxygens (including phenoxy) is 1. The van der Waals surface area contributed by atoms with E-state index in [1.807, 2.05) is 0 Å². The predicted octanol–water partition coefficient (Wildman–Crippen LogP) is 0.944. The predicted molar refractivity (Wildman–Crippen MR) is 78.4 cm³/mol. The van der Waals surface area contributed by atoms with E-state index in [1.54, 1.807) is 0 Å². The maximum atomic E-state index is 5.93. The molecule has 3 N–H and O–H groups in total. The number of nitrogens with one attached hydrogen (secondary N) is 1. The Labute approximate surface area is 116 Å². The summed E-state index contributed by atoms with van der Waals surface area (Å²) in [6.45, 7) is 8.75. The van der Waals surface area contributed by atoms with E-state index in [1.165, 1.54) is 25.7 Å². The topological polar surface area (TPSA) is 62.9 Å². The highest BCUT2D eigenvalue weighted by atomic mass is 16.5. The van der Waals surface area contributed by atoms with E-state index in [0.717, 1.165) is 32.8 Å². The third-order valence-corrected chi connectivity index (χ3v) is 4.18. The Balaban J connectivity index is 1.72. The number of hydrogen-bond donors (Lipinski definition) is 2. The summed E-state index contributed by atoms with van der Waals surface area (Å²) in [5.74, 6) is 0.609. The van der Waals surface area contributed by atoms with Gasteiger partial charge in [0.1, 0.15) is 0 Å². The SMILES string of the molecule is CC1(C)COCCN1CCN=C(N)NC1CCCC1. The fraction of sp³-hybridized carbons (Fsp3) is 0.929. The van der Waals surface area contributed by atoms with Crippen molar-refractivity contribution in [2.45, 2.75) is 51.1 Å². The third kappa shape index (κ3) is 4.35. The maximum Gasteiger partial charge on any atom is 0.188 e. The molecule has 2 rings (SSSR count). The van der Waals surface area contributed by atoms with Gasteiger partial charge in [0.2, 0.25) is 0 Å². The molecule has 0 spiro atoms. The highest BCUT2D eigenvalue weighted by Crippen LogP contribution is 2.18. The summed E-state index contributed by atoms with van der Waals surface area (Å²) in [7, 11) is 0. The second-order valence-corrected chi connectivity index (χ2v) is 6.24. The van der Waals surface area contributed by atoms with Crippen LogP contribution in [0.5, 0.6) is 0 Å². The molecule has 1 aliphatic carbocycles. The van der Waals surface area contributed by atoms with E-state index in [0.29, 0.717) is 12.0 Å². The standard InChI is InChI=1S/C14H28N4O/c1-14(2)11-19-10-9-18(14)8-7-16-13(15)17-12-5-3-4-6-12/h12H,3-11H2,1-2H3,(H3,15,16,17). The smallest absolute Gasteiger partial charge is 0.188 e. The van der Waals surface area contributed by atoms with Crippen molar-refractivity contribution in [3.63, 3.8) is 0 Å². The lowest BCUT2D eigenvalue weighted by Crippen LogP contribution is -2.53. The van der Waals surface area contributed by atoms with Crippen molar-refractivity contribution >= 4 is 5.96 Å². The second-order valence-electron chi connectivity index (χ2n) is 6.24. The van der Waals surface area contributed by atoms with Gasteiger partial charge < -0.3 is 15.8 Å².